The summed E-state index contributed by atoms with van der Waals surface area (Å²) < 4.78 is 40.5. The van der Waals surface area contributed by atoms with Crippen molar-refractivity contribution in [3.05, 3.63) is 47.2 Å². The highest BCUT2D eigenvalue weighted by Gasteiger charge is 2.38. The van der Waals surface area contributed by atoms with Crippen LogP contribution < -0.4 is 0 Å². The zero-order valence-electron chi connectivity index (χ0n) is 17.2. The molecule has 2 N–H and O–H groups in total. The van der Waals surface area contributed by atoms with Crippen molar-refractivity contribution in [2.75, 3.05) is 13.1 Å². The predicted molar refractivity (Wildman–Crippen MR) is 112 cm³/mol. The topological polar surface area (TPSA) is 90.6 Å². The molecule has 166 valence electrons. The molecule has 10 heteroatoms. The summed E-state index contributed by atoms with van der Waals surface area (Å²) >= 11 is 0. The number of carbonyl (C=O) groups is 1. The van der Waals surface area contributed by atoms with Crippen LogP contribution in [0.4, 0.5) is 13.2 Å². The van der Waals surface area contributed by atoms with Gasteiger partial charge in [-0.2, -0.15) is 23.4 Å². The maximum absolute atomic E-state index is 13.5. The molecule has 1 aliphatic carbocycles. The van der Waals surface area contributed by atoms with E-state index in [1.807, 2.05) is 0 Å². The van der Waals surface area contributed by atoms with Gasteiger partial charge in [-0.25, -0.2) is 0 Å². The summed E-state index contributed by atoms with van der Waals surface area (Å²) in [4.78, 5) is 19.2. The van der Waals surface area contributed by atoms with Crippen LogP contribution >= 0.6 is 0 Å². The van der Waals surface area contributed by atoms with Crippen molar-refractivity contribution in [2.45, 2.75) is 38.3 Å². The number of rotatable bonds is 4. The number of likely N-dealkylation sites (tertiary alicyclic amines) is 1. The van der Waals surface area contributed by atoms with Crippen LogP contribution in [-0.4, -0.2) is 49.3 Å². The molecule has 0 saturated carbocycles. The highest BCUT2D eigenvalue weighted by molar-refractivity contribution is 6.01. The van der Waals surface area contributed by atoms with Crippen LogP contribution in [0.3, 0.4) is 0 Å². The second kappa shape index (κ2) is 7.61. The molecule has 3 aromatic heterocycles. The first-order chi connectivity index (χ1) is 15.4. The summed E-state index contributed by atoms with van der Waals surface area (Å²) in [6, 6.07) is 0. The first-order valence-corrected chi connectivity index (χ1v) is 10.5. The summed E-state index contributed by atoms with van der Waals surface area (Å²) in [5.74, 6) is -0.168. The van der Waals surface area contributed by atoms with Gasteiger partial charge in [0.2, 0.25) is 0 Å². The minimum absolute atomic E-state index is 0.0600. The van der Waals surface area contributed by atoms with Crippen molar-refractivity contribution in [2.24, 2.45) is 0 Å². The third-order valence-electron chi connectivity index (χ3n) is 6.19. The zero-order valence-corrected chi connectivity index (χ0v) is 17.2. The van der Waals surface area contributed by atoms with E-state index in [2.05, 4.69) is 32.0 Å². The largest absolute Gasteiger partial charge is 0.433 e. The second-order valence-corrected chi connectivity index (χ2v) is 8.05. The van der Waals surface area contributed by atoms with Gasteiger partial charge in [-0.15, -0.1) is 0 Å². The van der Waals surface area contributed by atoms with E-state index >= 15 is 0 Å². The zero-order chi connectivity index (χ0) is 22.5. The molecular formula is C22H21F3N6O. The molecular weight excluding hydrogens is 421 g/mol. The molecule has 4 heterocycles. The van der Waals surface area contributed by atoms with E-state index in [1.54, 1.807) is 17.2 Å². The van der Waals surface area contributed by atoms with Gasteiger partial charge in [0.1, 0.15) is 5.69 Å². The number of amides is 1. The SMILES string of the molecule is C=Cc1[nH]nc(C(=O)N2CCC2)c1-c1cnc(-c2cn[nH]c2C(F)(F)F)c2c1CCCC2. The van der Waals surface area contributed by atoms with Crippen molar-refractivity contribution >= 4 is 12.0 Å². The number of H-pyrrole nitrogens is 2. The molecule has 1 amide bonds. The molecule has 1 fully saturated rings. The fourth-order valence-electron chi connectivity index (χ4n) is 4.48. The molecule has 0 unspecified atom stereocenters. The second-order valence-electron chi connectivity index (χ2n) is 8.05. The normalized spacial score (nSPS) is 15.9. The number of fused-ring (bicyclic) bond motifs is 1. The summed E-state index contributed by atoms with van der Waals surface area (Å²) in [5, 5.41) is 12.8. The number of aromatic nitrogens is 5. The van der Waals surface area contributed by atoms with Crippen LogP contribution in [0.1, 0.15) is 52.3 Å². The number of hydrogen-bond donors (Lipinski definition) is 2. The highest BCUT2D eigenvalue weighted by Crippen LogP contribution is 2.42. The number of nitrogens with zero attached hydrogens (tertiary/aromatic N) is 4. The summed E-state index contributed by atoms with van der Waals surface area (Å²) in [6.45, 7) is 5.19. The van der Waals surface area contributed by atoms with Crippen molar-refractivity contribution in [1.82, 2.24) is 30.3 Å². The van der Waals surface area contributed by atoms with E-state index in [1.165, 1.54) is 6.20 Å². The Morgan fingerprint density at radius 3 is 2.47 bits per heavy atom. The van der Waals surface area contributed by atoms with Crippen molar-refractivity contribution in [3.8, 4) is 22.4 Å². The molecule has 7 nitrogen and oxygen atoms in total. The van der Waals surface area contributed by atoms with Crippen LogP contribution in [0.5, 0.6) is 0 Å². The fourth-order valence-corrected chi connectivity index (χ4v) is 4.48. The van der Waals surface area contributed by atoms with Gasteiger partial charge in [-0.05, 0) is 49.3 Å². The van der Waals surface area contributed by atoms with E-state index in [0.717, 1.165) is 30.4 Å². The molecule has 2 aliphatic rings. The first kappa shape index (κ1) is 20.5. The molecule has 32 heavy (non-hydrogen) atoms. The lowest BCUT2D eigenvalue weighted by atomic mass is 9.84. The summed E-state index contributed by atoms with van der Waals surface area (Å²) in [6.07, 6.45) is 3.74. The standard InChI is InChI=1S/C22H21F3N6O/c1-2-16-17(19(29-28-16)21(32)31-8-5-9-31)14-10-26-18(13-7-4-3-6-12(13)14)15-11-27-30-20(15)22(23,24)25/h2,10-11H,1,3-9H2,(H,27,30)(H,28,29). The number of alkyl halides is 3. The van der Waals surface area contributed by atoms with Crippen LogP contribution in [0, 0.1) is 0 Å². The van der Waals surface area contributed by atoms with Gasteiger partial charge in [0.15, 0.2) is 5.69 Å². The summed E-state index contributed by atoms with van der Waals surface area (Å²) in [7, 11) is 0. The molecule has 0 radical (unpaired) electrons. The Hall–Kier alpha value is -3.43. The van der Waals surface area contributed by atoms with Gasteiger partial charge >= 0.3 is 6.18 Å². The Kier molecular flexibility index (Phi) is 4.87. The molecule has 0 aromatic carbocycles. The monoisotopic (exact) mass is 442 g/mol. The Morgan fingerprint density at radius 2 is 1.81 bits per heavy atom. The Bertz CT molecular complexity index is 1200. The number of hydrogen-bond acceptors (Lipinski definition) is 4. The van der Waals surface area contributed by atoms with Gasteiger partial charge in [0, 0.05) is 30.4 Å². The van der Waals surface area contributed by atoms with E-state index in [9.17, 15) is 18.0 Å². The third kappa shape index (κ3) is 3.21. The molecule has 1 saturated heterocycles. The number of halogens is 3. The lowest BCUT2D eigenvalue weighted by molar-refractivity contribution is -0.140. The molecule has 1 aliphatic heterocycles. The molecule has 3 aromatic rings. The van der Waals surface area contributed by atoms with Gasteiger partial charge in [0.25, 0.3) is 5.91 Å². The number of nitrogens with one attached hydrogen (secondary N) is 2. The smallest absolute Gasteiger partial charge is 0.337 e. The van der Waals surface area contributed by atoms with Crippen molar-refractivity contribution in [1.29, 1.82) is 0 Å². The number of aromatic amines is 2. The predicted octanol–water partition coefficient (Wildman–Crippen LogP) is 4.25. The maximum atomic E-state index is 13.5. The van der Waals surface area contributed by atoms with E-state index in [0.29, 0.717) is 48.4 Å². The van der Waals surface area contributed by atoms with Crippen molar-refractivity contribution in [3.63, 3.8) is 0 Å². The van der Waals surface area contributed by atoms with Crippen LogP contribution in [0.15, 0.2) is 19.0 Å². The average Bonchev–Trinajstić information content (AvgIpc) is 3.38. The number of pyridine rings is 1. The van der Waals surface area contributed by atoms with Crippen LogP contribution in [0.2, 0.25) is 0 Å². The molecule has 5 rings (SSSR count). The molecule has 0 bridgehead atoms. The Balaban J connectivity index is 1.69. The third-order valence-corrected chi connectivity index (χ3v) is 6.19. The average molecular weight is 442 g/mol. The molecule has 0 spiro atoms. The van der Waals surface area contributed by atoms with E-state index < -0.39 is 11.9 Å². The Labute approximate surface area is 181 Å². The van der Waals surface area contributed by atoms with Crippen LogP contribution in [-0.2, 0) is 19.0 Å². The van der Waals surface area contributed by atoms with Gasteiger partial charge in [-0.1, -0.05) is 6.58 Å². The lowest BCUT2D eigenvalue weighted by Crippen LogP contribution is -2.42. The van der Waals surface area contributed by atoms with Gasteiger partial charge < -0.3 is 4.90 Å². The van der Waals surface area contributed by atoms with Gasteiger partial charge in [-0.3, -0.25) is 20.0 Å². The summed E-state index contributed by atoms with van der Waals surface area (Å²) in [5.41, 5.74) is 3.19. The minimum Gasteiger partial charge on any atom is -0.337 e. The van der Waals surface area contributed by atoms with E-state index in [-0.39, 0.29) is 17.2 Å². The quantitative estimate of drug-likeness (QED) is 0.632. The highest BCUT2D eigenvalue weighted by atomic mass is 19.4. The van der Waals surface area contributed by atoms with Crippen LogP contribution in [0.25, 0.3) is 28.5 Å². The Morgan fingerprint density at radius 1 is 1.06 bits per heavy atom. The first-order valence-electron chi connectivity index (χ1n) is 10.5. The van der Waals surface area contributed by atoms with Crippen molar-refractivity contribution < 1.29 is 18.0 Å². The number of carbonyl (C=O) groups excluding carboxylic acids is 1. The fraction of sp³-hybridized carbons (Fsp3) is 0.364. The van der Waals surface area contributed by atoms with E-state index in [4.69, 9.17) is 0 Å². The maximum Gasteiger partial charge on any atom is 0.433 e. The minimum atomic E-state index is -4.56. The molecule has 0 atom stereocenters. The lowest BCUT2D eigenvalue weighted by Gasteiger charge is -2.30. The van der Waals surface area contributed by atoms with Gasteiger partial charge in [0.05, 0.1) is 23.1 Å².